The van der Waals surface area contributed by atoms with Gasteiger partial charge in [-0.1, -0.05) is 46.8 Å². The summed E-state index contributed by atoms with van der Waals surface area (Å²) in [6.45, 7) is 11.2. The lowest BCUT2D eigenvalue weighted by atomic mass is 9.72. The molecule has 0 aliphatic carbocycles. The van der Waals surface area contributed by atoms with Gasteiger partial charge in [0.2, 0.25) is 0 Å². The Morgan fingerprint density at radius 1 is 1.22 bits per heavy atom. The van der Waals surface area contributed by atoms with Crippen LogP contribution in [0.15, 0.2) is 12.1 Å². The first-order chi connectivity index (χ1) is 8.13. The molecule has 1 aliphatic rings. The van der Waals surface area contributed by atoms with Crippen molar-refractivity contribution >= 4 is 12.6 Å². The number of hydrogen-bond acceptors (Lipinski definition) is 3. The van der Waals surface area contributed by atoms with Crippen molar-refractivity contribution in [1.29, 1.82) is 0 Å². The smallest absolute Gasteiger partial charge is 0.488 e. The summed E-state index contributed by atoms with van der Waals surface area (Å²) >= 11 is 0. The van der Waals surface area contributed by atoms with Crippen molar-refractivity contribution in [2.45, 2.75) is 45.4 Å². The Balaban J connectivity index is 2.69. The van der Waals surface area contributed by atoms with Crippen LogP contribution in [0.4, 0.5) is 0 Å². The molecule has 0 saturated heterocycles. The van der Waals surface area contributed by atoms with E-state index in [-0.39, 0.29) is 10.8 Å². The molecule has 0 unspecified atom stereocenters. The van der Waals surface area contributed by atoms with E-state index in [1.165, 1.54) is 0 Å². The van der Waals surface area contributed by atoms with Gasteiger partial charge in [0.15, 0.2) is 0 Å². The lowest BCUT2D eigenvalue weighted by Crippen LogP contribution is -2.32. The molecule has 0 radical (unpaired) electrons. The molecule has 4 heteroatoms. The third-order valence-electron chi connectivity index (χ3n) is 3.52. The lowest BCUT2D eigenvalue weighted by molar-refractivity contribution is 0.286. The number of fused-ring (bicyclic) bond motifs is 1. The molecule has 3 nitrogen and oxygen atoms in total. The molecular formula is C14H21BO3. The second kappa shape index (κ2) is 4.00. The monoisotopic (exact) mass is 248 g/mol. The van der Waals surface area contributed by atoms with E-state index in [0.717, 1.165) is 16.9 Å². The van der Waals surface area contributed by atoms with Crippen LogP contribution in [0.3, 0.4) is 0 Å². The maximum Gasteiger partial charge on any atom is 0.488 e. The van der Waals surface area contributed by atoms with Crippen LogP contribution in [-0.4, -0.2) is 23.8 Å². The van der Waals surface area contributed by atoms with Crippen LogP contribution >= 0.6 is 0 Å². The van der Waals surface area contributed by atoms with Crippen LogP contribution in [0.2, 0.25) is 0 Å². The first-order valence-electron chi connectivity index (χ1n) is 6.31. The molecule has 2 N–H and O–H groups in total. The number of rotatable bonds is 1. The first kappa shape index (κ1) is 13.4. The highest BCUT2D eigenvalue weighted by molar-refractivity contribution is 6.58. The fraction of sp³-hybridized carbons (Fsp3) is 0.571. The van der Waals surface area contributed by atoms with E-state index in [1.54, 1.807) is 0 Å². The Kier molecular flexibility index (Phi) is 2.99. The van der Waals surface area contributed by atoms with Crippen molar-refractivity contribution in [2.75, 3.05) is 6.61 Å². The standard InChI is InChI=1S/C14H21BO3/c1-13(2,3)10-6-9(15(16)17)7-11-12(10)18-8-14(11,4)5/h6-7,16-17H,8H2,1-5H3. The van der Waals surface area contributed by atoms with Gasteiger partial charge < -0.3 is 14.8 Å². The highest BCUT2D eigenvalue weighted by Gasteiger charge is 2.37. The maximum atomic E-state index is 9.43. The minimum atomic E-state index is -1.44. The summed E-state index contributed by atoms with van der Waals surface area (Å²) < 4.78 is 5.84. The van der Waals surface area contributed by atoms with E-state index in [1.807, 2.05) is 12.1 Å². The molecule has 2 rings (SSSR count). The van der Waals surface area contributed by atoms with Crippen LogP contribution in [0, 0.1) is 0 Å². The van der Waals surface area contributed by atoms with E-state index < -0.39 is 7.12 Å². The van der Waals surface area contributed by atoms with E-state index in [0.29, 0.717) is 12.1 Å². The molecular weight excluding hydrogens is 227 g/mol. The molecule has 0 saturated carbocycles. The van der Waals surface area contributed by atoms with Gasteiger partial charge >= 0.3 is 7.12 Å². The van der Waals surface area contributed by atoms with E-state index in [9.17, 15) is 10.0 Å². The van der Waals surface area contributed by atoms with Gasteiger partial charge in [-0.3, -0.25) is 0 Å². The molecule has 0 spiro atoms. The average Bonchev–Trinajstić information content (AvgIpc) is 2.52. The highest BCUT2D eigenvalue weighted by Crippen LogP contribution is 2.43. The lowest BCUT2D eigenvalue weighted by Gasteiger charge is -2.24. The Morgan fingerprint density at radius 3 is 2.33 bits per heavy atom. The van der Waals surface area contributed by atoms with Gasteiger partial charge in [0.25, 0.3) is 0 Å². The number of ether oxygens (including phenoxy) is 1. The van der Waals surface area contributed by atoms with E-state index in [4.69, 9.17) is 4.74 Å². The topological polar surface area (TPSA) is 49.7 Å². The van der Waals surface area contributed by atoms with Gasteiger partial charge in [-0.2, -0.15) is 0 Å². The Morgan fingerprint density at radius 2 is 1.83 bits per heavy atom. The minimum Gasteiger partial charge on any atom is -0.492 e. The van der Waals surface area contributed by atoms with Gasteiger partial charge in [-0.25, -0.2) is 0 Å². The van der Waals surface area contributed by atoms with E-state index >= 15 is 0 Å². The molecule has 0 fully saturated rings. The summed E-state index contributed by atoms with van der Waals surface area (Å²) in [4.78, 5) is 0. The van der Waals surface area contributed by atoms with Crippen molar-refractivity contribution in [3.05, 3.63) is 23.3 Å². The molecule has 0 amide bonds. The number of hydrogen-bond donors (Lipinski definition) is 2. The summed E-state index contributed by atoms with van der Waals surface area (Å²) in [5.74, 6) is 0.914. The van der Waals surface area contributed by atoms with Gasteiger partial charge in [0.05, 0.1) is 6.61 Å². The van der Waals surface area contributed by atoms with Crippen LogP contribution < -0.4 is 10.2 Å². The third-order valence-corrected chi connectivity index (χ3v) is 3.52. The van der Waals surface area contributed by atoms with Crippen LogP contribution in [0.1, 0.15) is 45.7 Å². The second-order valence-corrected chi connectivity index (χ2v) is 6.74. The summed E-state index contributed by atoms with van der Waals surface area (Å²) in [6.07, 6.45) is 0. The molecule has 1 aromatic rings. The van der Waals surface area contributed by atoms with Crippen LogP contribution in [0.25, 0.3) is 0 Å². The zero-order chi connectivity index (χ0) is 13.7. The molecule has 1 aromatic carbocycles. The van der Waals surface area contributed by atoms with Gasteiger partial charge in [-0.05, 0) is 16.4 Å². The average molecular weight is 248 g/mol. The van der Waals surface area contributed by atoms with Crippen molar-refractivity contribution in [2.24, 2.45) is 0 Å². The highest BCUT2D eigenvalue weighted by atomic mass is 16.5. The summed E-state index contributed by atoms with van der Waals surface area (Å²) in [6, 6.07) is 3.69. The normalized spacial score (nSPS) is 17.3. The predicted molar refractivity (Wildman–Crippen MR) is 73.5 cm³/mol. The Labute approximate surface area is 109 Å². The largest absolute Gasteiger partial charge is 0.492 e. The Hall–Kier alpha value is -0.995. The zero-order valence-corrected chi connectivity index (χ0v) is 11.7. The predicted octanol–water partition coefficient (Wildman–Crippen LogP) is 1.33. The van der Waals surface area contributed by atoms with E-state index in [2.05, 4.69) is 34.6 Å². The molecule has 18 heavy (non-hydrogen) atoms. The molecule has 0 bridgehead atoms. The fourth-order valence-corrected chi connectivity index (χ4v) is 2.35. The van der Waals surface area contributed by atoms with Gasteiger partial charge in [-0.15, -0.1) is 0 Å². The molecule has 0 atom stereocenters. The molecule has 1 heterocycles. The molecule has 0 aromatic heterocycles. The SMILES string of the molecule is CC(C)(C)c1cc(B(O)O)cc2c1OCC2(C)C. The van der Waals surface area contributed by atoms with Crippen molar-refractivity contribution in [3.63, 3.8) is 0 Å². The summed E-state index contributed by atoms with van der Waals surface area (Å²) in [7, 11) is -1.44. The van der Waals surface area contributed by atoms with Crippen LogP contribution in [0.5, 0.6) is 5.75 Å². The van der Waals surface area contributed by atoms with Crippen molar-refractivity contribution < 1.29 is 14.8 Å². The zero-order valence-electron chi connectivity index (χ0n) is 11.7. The Bertz CT molecular complexity index is 473. The van der Waals surface area contributed by atoms with Gasteiger partial charge in [0, 0.05) is 11.0 Å². The van der Waals surface area contributed by atoms with Crippen LogP contribution in [-0.2, 0) is 10.8 Å². The summed E-state index contributed by atoms with van der Waals surface area (Å²) in [5, 5.41) is 18.9. The first-order valence-corrected chi connectivity index (χ1v) is 6.31. The van der Waals surface area contributed by atoms with Gasteiger partial charge in [0.1, 0.15) is 5.75 Å². The molecule has 1 aliphatic heterocycles. The van der Waals surface area contributed by atoms with Crippen molar-refractivity contribution in [3.8, 4) is 5.75 Å². The fourth-order valence-electron chi connectivity index (χ4n) is 2.35. The maximum absolute atomic E-state index is 9.43. The summed E-state index contributed by atoms with van der Waals surface area (Å²) in [5.41, 5.74) is 2.47. The number of benzene rings is 1. The quantitative estimate of drug-likeness (QED) is 0.737. The minimum absolute atomic E-state index is 0.0831. The second-order valence-electron chi connectivity index (χ2n) is 6.74. The van der Waals surface area contributed by atoms with Crippen molar-refractivity contribution in [1.82, 2.24) is 0 Å². The molecule has 98 valence electrons. The third kappa shape index (κ3) is 2.15.